The number of alkyl halides is 3. The lowest BCUT2D eigenvalue weighted by molar-refractivity contribution is -0.192. The molecule has 0 saturated carbocycles. The molecular formula is C29H38F3N11O6. The number of aryl methyl sites for hydroxylation is 1. The number of nitrogens with one attached hydrogen (secondary N) is 1. The lowest BCUT2D eigenvalue weighted by Crippen LogP contribution is -2.32. The van der Waals surface area contributed by atoms with Crippen LogP contribution in [0.5, 0.6) is 0 Å². The largest absolute Gasteiger partial charge is 0.490 e. The molecule has 0 amide bonds. The molecule has 2 aliphatic rings. The average Bonchev–Trinajstić information content (AvgIpc) is 3.88. The number of hydrogen-bond acceptors (Lipinski definition) is 14. The van der Waals surface area contributed by atoms with Gasteiger partial charge in [0, 0.05) is 19.1 Å². The first-order chi connectivity index (χ1) is 23.3. The molecule has 5 heterocycles. The van der Waals surface area contributed by atoms with E-state index in [1.54, 1.807) is 4.57 Å². The summed E-state index contributed by atoms with van der Waals surface area (Å²) in [5.74, 6) is -1.60. The number of benzene rings is 1. The van der Waals surface area contributed by atoms with Gasteiger partial charge in [-0.1, -0.05) is 30.3 Å². The van der Waals surface area contributed by atoms with E-state index in [2.05, 4.69) is 49.6 Å². The molecule has 6 atom stereocenters. The minimum Gasteiger partial charge on any atom is -0.475 e. The fraction of sp³-hybridized carbons (Fsp3) is 0.552. The van der Waals surface area contributed by atoms with Crippen LogP contribution in [-0.4, -0.2) is 135 Å². The predicted molar refractivity (Wildman–Crippen MR) is 166 cm³/mol. The number of carboxylic acid groups (broad SMARTS) is 1. The van der Waals surface area contributed by atoms with Gasteiger partial charge >= 0.3 is 12.1 Å². The smallest absolute Gasteiger partial charge is 0.475 e. The molecule has 3 aromatic heterocycles. The number of anilines is 2. The number of hydrogen-bond donors (Lipinski definition) is 5. The van der Waals surface area contributed by atoms with Crippen LogP contribution < -0.4 is 10.2 Å². The molecule has 0 aliphatic carbocycles. The van der Waals surface area contributed by atoms with Gasteiger partial charge < -0.3 is 40.3 Å². The molecule has 0 spiro atoms. The second-order valence-corrected chi connectivity index (χ2v) is 11.8. The predicted octanol–water partition coefficient (Wildman–Crippen LogP) is 0.614. The summed E-state index contributed by atoms with van der Waals surface area (Å²) in [7, 11) is 4.12. The van der Waals surface area contributed by atoms with Gasteiger partial charge in [0.05, 0.1) is 25.5 Å². The van der Waals surface area contributed by atoms with Crippen LogP contribution in [0.3, 0.4) is 0 Å². The highest BCUT2D eigenvalue weighted by Gasteiger charge is 2.47. The Morgan fingerprint density at radius 2 is 1.88 bits per heavy atom. The summed E-state index contributed by atoms with van der Waals surface area (Å²) < 4.78 is 39.5. The van der Waals surface area contributed by atoms with Crippen molar-refractivity contribution in [3.8, 4) is 0 Å². The Morgan fingerprint density at radius 1 is 1.16 bits per heavy atom. The van der Waals surface area contributed by atoms with Crippen molar-refractivity contribution in [1.29, 1.82) is 0 Å². The molecule has 266 valence electrons. The van der Waals surface area contributed by atoms with Crippen LogP contribution in [0.15, 0.2) is 36.7 Å². The third-order valence-electron chi connectivity index (χ3n) is 8.23. The van der Waals surface area contributed by atoms with Gasteiger partial charge in [0.15, 0.2) is 29.3 Å². The Balaban J connectivity index is 0.000000606. The molecule has 49 heavy (non-hydrogen) atoms. The van der Waals surface area contributed by atoms with Crippen molar-refractivity contribution in [2.75, 3.05) is 44.0 Å². The summed E-state index contributed by atoms with van der Waals surface area (Å²) in [6.45, 7) is 3.79. The van der Waals surface area contributed by atoms with Gasteiger partial charge in [0.2, 0.25) is 11.8 Å². The van der Waals surface area contributed by atoms with E-state index >= 15 is 0 Å². The van der Waals surface area contributed by atoms with Gasteiger partial charge in [-0.2, -0.15) is 27.9 Å². The number of aliphatic hydroxyl groups excluding tert-OH is 3. The number of fused-ring (bicyclic) bond motifs is 1. The number of carboxylic acids is 1. The van der Waals surface area contributed by atoms with Gasteiger partial charge in [-0.15, -0.1) is 10.2 Å². The number of aliphatic hydroxyl groups is 3. The van der Waals surface area contributed by atoms with Crippen LogP contribution in [0.25, 0.3) is 11.2 Å². The third-order valence-corrected chi connectivity index (χ3v) is 8.23. The Hall–Kier alpha value is -4.50. The highest BCUT2D eigenvalue weighted by atomic mass is 19.4. The second-order valence-electron chi connectivity index (χ2n) is 11.8. The quantitative estimate of drug-likeness (QED) is 0.154. The number of ether oxygens (including phenoxy) is 1. The van der Waals surface area contributed by atoms with Crippen molar-refractivity contribution in [3.63, 3.8) is 0 Å². The summed E-state index contributed by atoms with van der Waals surface area (Å²) in [4.78, 5) is 28.9. The number of tetrazole rings is 1. The molecule has 0 unspecified atom stereocenters. The Kier molecular flexibility index (Phi) is 10.9. The fourth-order valence-corrected chi connectivity index (χ4v) is 5.54. The number of aliphatic carboxylic acids is 1. The molecule has 0 bridgehead atoms. The van der Waals surface area contributed by atoms with Crippen LogP contribution >= 0.6 is 0 Å². The summed E-state index contributed by atoms with van der Waals surface area (Å²) in [5.41, 5.74) is 1.95. The normalized spacial score (nSPS) is 23.1. The summed E-state index contributed by atoms with van der Waals surface area (Å²) in [6.07, 6.45) is -6.60. The number of carbonyl (C=O) groups is 1. The second kappa shape index (κ2) is 14.9. The number of nitrogens with zero attached hydrogens (tertiary/aromatic N) is 10. The minimum absolute atomic E-state index is 0.118. The van der Waals surface area contributed by atoms with E-state index in [4.69, 9.17) is 24.6 Å². The van der Waals surface area contributed by atoms with Crippen LogP contribution in [0.2, 0.25) is 0 Å². The first-order valence-electron chi connectivity index (χ1n) is 15.5. The summed E-state index contributed by atoms with van der Waals surface area (Å²) in [5, 5.41) is 54.9. The zero-order valence-electron chi connectivity index (χ0n) is 26.9. The van der Waals surface area contributed by atoms with E-state index in [1.807, 2.05) is 37.3 Å². The van der Waals surface area contributed by atoms with Crippen LogP contribution in [0, 0.1) is 0 Å². The first kappa shape index (κ1) is 35.8. The summed E-state index contributed by atoms with van der Waals surface area (Å²) >= 11 is 0. The van der Waals surface area contributed by atoms with Crippen molar-refractivity contribution >= 4 is 28.9 Å². The van der Waals surface area contributed by atoms with E-state index in [1.165, 1.54) is 11.1 Å². The van der Waals surface area contributed by atoms with Crippen molar-refractivity contribution < 1.29 is 43.1 Å². The highest BCUT2D eigenvalue weighted by Crippen LogP contribution is 2.39. The molecule has 0 radical (unpaired) electrons. The number of aromatic nitrogens is 8. The summed E-state index contributed by atoms with van der Waals surface area (Å²) in [6, 6.07) is 9.94. The maximum absolute atomic E-state index is 11.1. The Bertz CT molecular complexity index is 1710. The highest BCUT2D eigenvalue weighted by molar-refractivity contribution is 5.84. The van der Waals surface area contributed by atoms with Crippen LogP contribution in [0.4, 0.5) is 24.9 Å². The number of halogens is 3. The average molecular weight is 694 g/mol. The van der Waals surface area contributed by atoms with Crippen molar-refractivity contribution in [3.05, 3.63) is 48.0 Å². The van der Waals surface area contributed by atoms with Crippen LogP contribution in [0.1, 0.15) is 37.1 Å². The van der Waals surface area contributed by atoms with Gasteiger partial charge in [-0.25, -0.2) is 9.78 Å². The van der Waals surface area contributed by atoms with Crippen molar-refractivity contribution in [2.24, 2.45) is 0 Å². The van der Waals surface area contributed by atoms with Gasteiger partial charge in [0.25, 0.3) is 0 Å². The Labute approximate surface area is 278 Å². The van der Waals surface area contributed by atoms with Gasteiger partial charge in [-0.05, 0) is 44.6 Å². The zero-order chi connectivity index (χ0) is 35.5. The zero-order valence-corrected chi connectivity index (χ0v) is 26.9. The van der Waals surface area contributed by atoms with Gasteiger partial charge in [0.1, 0.15) is 12.2 Å². The molecule has 1 aromatic carbocycles. The molecule has 20 heteroatoms. The number of rotatable bonds is 10. The van der Waals surface area contributed by atoms with E-state index in [0.29, 0.717) is 41.9 Å². The topological polar surface area (TPSA) is 213 Å². The lowest BCUT2D eigenvalue weighted by atomic mass is 10.1. The molecule has 2 fully saturated rings. The molecule has 5 N–H and O–H groups in total. The van der Waals surface area contributed by atoms with Crippen molar-refractivity contribution in [2.45, 2.75) is 69.1 Å². The molecule has 17 nitrogen and oxygen atoms in total. The monoisotopic (exact) mass is 693 g/mol. The molecule has 2 saturated heterocycles. The molecular weight excluding hydrogens is 655 g/mol. The maximum atomic E-state index is 11.1. The third kappa shape index (κ3) is 8.05. The van der Waals surface area contributed by atoms with Gasteiger partial charge in [-0.3, -0.25) is 4.57 Å². The molecule has 6 rings (SSSR count). The van der Waals surface area contributed by atoms with Crippen LogP contribution in [-0.2, 0) is 22.5 Å². The lowest BCUT2D eigenvalue weighted by Gasteiger charge is -2.23. The van der Waals surface area contributed by atoms with E-state index in [9.17, 15) is 28.5 Å². The standard InChI is InChI=1S/C27H37N11O4.C2HF3O2/c1-4-38-33-24(32-34-38)22-20(40)21(41)26(42-22)37-15-28-19-23(29-17(14-39)12-16-8-6-5-7-9-16)30-27(31-25(19)37)36-11-10-18(13-36)35(2)3;3-2(4,5)1(6)7/h5-9,15,17-18,20-22,26,39-41H,4,10-14H2,1-3H3,(H,29,30,31);(H,6,7)/t17-,18+,20-,21+,22-,26+;/m0./s1. The molecule has 2 aliphatic heterocycles. The molecule has 4 aromatic rings. The Morgan fingerprint density at radius 3 is 2.47 bits per heavy atom. The van der Waals surface area contributed by atoms with E-state index in [0.717, 1.165) is 25.1 Å². The SMILES string of the molecule is CCn1nnc([C@H]2O[C@@H](n3cnc4c(N[C@H](CO)Cc5ccccc5)nc(N5CC[C@@H](N(C)C)C5)nc43)[C@H](O)[C@@H]2O)n1.O=C(O)C(F)(F)F. The van der Waals surface area contributed by atoms with Crippen molar-refractivity contribution in [1.82, 2.24) is 44.6 Å². The maximum Gasteiger partial charge on any atom is 0.490 e. The first-order valence-corrected chi connectivity index (χ1v) is 15.5. The van der Waals surface area contributed by atoms with E-state index in [-0.39, 0.29) is 18.5 Å². The number of likely N-dealkylation sites (N-methyl/N-ethyl adjacent to an activating group) is 1. The number of imidazole rings is 1. The minimum atomic E-state index is -5.08. The fourth-order valence-electron chi connectivity index (χ4n) is 5.54. The van der Waals surface area contributed by atoms with E-state index < -0.39 is 36.7 Å².